The quantitative estimate of drug-likeness (QED) is 0.900. The van der Waals surface area contributed by atoms with Crippen LogP contribution in [-0.4, -0.2) is 7.05 Å². The van der Waals surface area contributed by atoms with Crippen LogP contribution in [0, 0.1) is 11.3 Å². The monoisotopic (exact) mass is 312 g/mol. The van der Waals surface area contributed by atoms with Crippen LogP contribution in [0.5, 0.6) is 11.5 Å². The van der Waals surface area contributed by atoms with Crippen molar-refractivity contribution in [2.45, 2.75) is 25.3 Å². The lowest BCUT2D eigenvalue weighted by molar-refractivity contribution is 0.449. The largest absolute Gasteiger partial charge is 0.456 e. The normalized spacial score (nSPS) is 16.7. The maximum absolute atomic E-state index is 9.22. The minimum absolute atomic E-state index is 0.363. The highest BCUT2D eigenvalue weighted by Crippen LogP contribution is 2.38. The molecule has 0 aliphatic heterocycles. The number of nitrogens with one attached hydrogen (secondary N) is 1. The van der Waals surface area contributed by atoms with Gasteiger partial charge >= 0.3 is 0 Å². The van der Waals surface area contributed by atoms with Gasteiger partial charge in [-0.15, -0.1) is 0 Å². The number of hydrogen-bond acceptors (Lipinski definition) is 3. The van der Waals surface area contributed by atoms with Crippen molar-refractivity contribution in [1.29, 1.82) is 5.26 Å². The summed E-state index contributed by atoms with van der Waals surface area (Å²) in [4.78, 5) is 0. The topological polar surface area (TPSA) is 45.0 Å². The minimum atomic E-state index is 0.363. The molecule has 0 amide bonds. The van der Waals surface area contributed by atoms with E-state index in [4.69, 9.17) is 16.3 Å². The predicted molar refractivity (Wildman–Crippen MR) is 87.4 cm³/mol. The molecule has 3 nitrogen and oxygen atoms in total. The minimum Gasteiger partial charge on any atom is -0.456 e. The third-order valence-electron chi connectivity index (χ3n) is 4.10. The number of halogens is 1. The van der Waals surface area contributed by atoms with Crippen LogP contribution in [0.3, 0.4) is 0 Å². The smallest absolute Gasteiger partial charge is 0.146 e. The molecular formula is C18H17ClN2O. The van der Waals surface area contributed by atoms with Gasteiger partial charge in [-0.25, -0.2) is 0 Å². The SMILES string of the molecule is CNC1CCCc2c(Oc3cc(Cl)ccc3C#N)cccc21. The van der Waals surface area contributed by atoms with Crippen LogP contribution in [0.4, 0.5) is 0 Å². The molecule has 3 rings (SSSR count). The highest BCUT2D eigenvalue weighted by Gasteiger charge is 2.22. The second kappa shape index (κ2) is 6.39. The molecule has 112 valence electrons. The van der Waals surface area contributed by atoms with Crippen molar-refractivity contribution in [2.75, 3.05) is 7.05 Å². The molecule has 0 saturated carbocycles. The summed E-state index contributed by atoms with van der Waals surface area (Å²) < 4.78 is 6.04. The predicted octanol–water partition coefficient (Wildman–Crippen LogP) is 4.60. The third-order valence-corrected chi connectivity index (χ3v) is 4.33. The molecule has 1 aliphatic carbocycles. The first kappa shape index (κ1) is 14.9. The van der Waals surface area contributed by atoms with Crippen LogP contribution in [0.15, 0.2) is 36.4 Å². The van der Waals surface area contributed by atoms with Gasteiger partial charge in [0.25, 0.3) is 0 Å². The first-order valence-electron chi connectivity index (χ1n) is 7.39. The molecule has 22 heavy (non-hydrogen) atoms. The van der Waals surface area contributed by atoms with Crippen molar-refractivity contribution in [3.05, 3.63) is 58.1 Å². The van der Waals surface area contributed by atoms with Gasteiger partial charge in [0.2, 0.25) is 0 Å². The molecule has 1 N–H and O–H groups in total. The molecule has 0 spiro atoms. The third kappa shape index (κ3) is 2.81. The van der Waals surface area contributed by atoms with Crippen molar-refractivity contribution in [3.8, 4) is 17.6 Å². The average molecular weight is 313 g/mol. The van der Waals surface area contributed by atoms with Crippen molar-refractivity contribution in [1.82, 2.24) is 5.32 Å². The van der Waals surface area contributed by atoms with E-state index in [0.717, 1.165) is 25.0 Å². The van der Waals surface area contributed by atoms with E-state index in [1.165, 1.54) is 11.1 Å². The highest BCUT2D eigenvalue weighted by atomic mass is 35.5. The van der Waals surface area contributed by atoms with Crippen LogP contribution in [0.1, 0.15) is 35.6 Å². The molecule has 0 bridgehead atoms. The van der Waals surface area contributed by atoms with Gasteiger partial charge in [-0.2, -0.15) is 5.26 Å². The van der Waals surface area contributed by atoms with Crippen molar-refractivity contribution in [2.24, 2.45) is 0 Å². The van der Waals surface area contributed by atoms with Gasteiger partial charge in [0.1, 0.15) is 17.6 Å². The Kier molecular flexibility index (Phi) is 4.33. The molecule has 1 unspecified atom stereocenters. The number of nitrogens with zero attached hydrogens (tertiary/aromatic N) is 1. The van der Waals surface area contributed by atoms with E-state index in [-0.39, 0.29) is 0 Å². The molecule has 2 aromatic carbocycles. The number of ether oxygens (including phenoxy) is 1. The van der Waals surface area contributed by atoms with Gasteiger partial charge in [0, 0.05) is 17.1 Å². The summed E-state index contributed by atoms with van der Waals surface area (Å²) in [7, 11) is 1.98. The number of benzene rings is 2. The van der Waals surface area contributed by atoms with Crippen LogP contribution >= 0.6 is 11.6 Å². The Balaban J connectivity index is 2.01. The Labute approximate surface area is 135 Å². The van der Waals surface area contributed by atoms with Crippen molar-refractivity contribution >= 4 is 11.6 Å². The van der Waals surface area contributed by atoms with Gasteiger partial charge in [0.15, 0.2) is 0 Å². The summed E-state index contributed by atoms with van der Waals surface area (Å²) in [6, 6.07) is 13.7. The summed E-state index contributed by atoms with van der Waals surface area (Å²) >= 11 is 6.03. The molecule has 4 heteroatoms. The van der Waals surface area contributed by atoms with E-state index in [1.807, 2.05) is 19.2 Å². The second-order valence-corrected chi connectivity index (χ2v) is 5.85. The van der Waals surface area contributed by atoms with Crippen LogP contribution in [-0.2, 0) is 6.42 Å². The molecular weight excluding hydrogens is 296 g/mol. The van der Waals surface area contributed by atoms with Gasteiger partial charge in [-0.3, -0.25) is 0 Å². The second-order valence-electron chi connectivity index (χ2n) is 5.41. The van der Waals surface area contributed by atoms with E-state index < -0.39 is 0 Å². The van der Waals surface area contributed by atoms with Crippen LogP contribution in [0.2, 0.25) is 5.02 Å². The van der Waals surface area contributed by atoms with Gasteiger partial charge in [-0.1, -0.05) is 23.7 Å². The van der Waals surface area contributed by atoms with E-state index in [2.05, 4.69) is 17.5 Å². The number of rotatable bonds is 3. The summed E-state index contributed by atoms with van der Waals surface area (Å²) in [5.41, 5.74) is 2.99. The molecule has 1 atom stereocenters. The number of fused-ring (bicyclic) bond motifs is 1. The standard InChI is InChI=1S/C18H17ClN2O/c1-21-16-6-2-5-15-14(16)4-3-7-17(15)22-18-10-13(19)9-8-12(18)11-20/h3-4,7-10,16,21H,2,5-6H2,1H3. The number of nitriles is 1. The Morgan fingerprint density at radius 1 is 1.27 bits per heavy atom. The molecule has 2 aromatic rings. The van der Waals surface area contributed by atoms with E-state index in [1.54, 1.807) is 18.2 Å². The first-order valence-corrected chi connectivity index (χ1v) is 7.77. The molecule has 0 aromatic heterocycles. The van der Waals surface area contributed by atoms with Gasteiger partial charge in [0.05, 0.1) is 5.56 Å². The zero-order valence-corrected chi connectivity index (χ0v) is 13.2. The Morgan fingerprint density at radius 2 is 2.14 bits per heavy atom. The maximum Gasteiger partial charge on any atom is 0.146 e. The fourth-order valence-corrected chi connectivity index (χ4v) is 3.16. The fourth-order valence-electron chi connectivity index (χ4n) is 3.00. The lowest BCUT2D eigenvalue weighted by Crippen LogP contribution is -2.21. The van der Waals surface area contributed by atoms with E-state index in [9.17, 15) is 5.26 Å². The average Bonchev–Trinajstić information content (AvgIpc) is 2.55. The fraction of sp³-hybridized carbons (Fsp3) is 0.278. The van der Waals surface area contributed by atoms with Crippen molar-refractivity contribution < 1.29 is 4.74 Å². The van der Waals surface area contributed by atoms with Crippen LogP contribution in [0.25, 0.3) is 0 Å². The van der Waals surface area contributed by atoms with Gasteiger partial charge < -0.3 is 10.1 Å². The maximum atomic E-state index is 9.22. The van der Waals surface area contributed by atoms with E-state index >= 15 is 0 Å². The Hall–Kier alpha value is -2.02. The molecule has 0 saturated heterocycles. The lowest BCUT2D eigenvalue weighted by atomic mass is 9.87. The summed E-state index contributed by atoms with van der Waals surface area (Å²) in [6.45, 7) is 0. The summed E-state index contributed by atoms with van der Waals surface area (Å²) in [5, 5.41) is 13.1. The molecule has 0 fully saturated rings. The van der Waals surface area contributed by atoms with E-state index in [0.29, 0.717) is 22.4 Å². The Morgan fingerprint density at radius 3 is 2.91 bits per heavy atom. The molecule has 1 aliphatic rings. The Bertz CT molecular complexity index is 736. The zero-order chi connectivity index (χ0) is 15.5. The molecule has 0 radical (unpaired) electrons. The first-order chi connectivity index (χ1) is 10.7. The summed E-state index contributed by atoms with van der Waals surface area (Å²) in [5.74, 6) is 1.33. The zero-order valence-electron chi connectivity index (χ0n) is 12.4. The lowest BCUT2D eigenvalue weighted by Gasteiger charge is -2.26. The van der Waals surface area contributed by atoms with Crippen LogP contribution < -0.4 is 10.1 Å². The highest BCUT2D eigenvalue weighted by molar-refractivity contribution is 6.30. The van der Waals surface area contributed by atoms with Crippen molar-refractivity contribution in [3.63, 3.8) is 0 Å². The summed E-state index contributed by atoms with van der Waals surface area (Å²) in [6.07, 6.45) is 3.25. The van der Waals surface area contributed by atoms with Gasteiger partial charge in [-0.05, 0) is 55.6 Å². The molecule has 0 heterocycles. The number of hydrogen-bond donors (Lipinski definition) is 1.